The second-order valence-corrected chi connectivity index (χ2v) is 4.13. The van der Waals surface area contributed by atoms with Crippen LogP contribution in [0.4, 0.5) is 4.39 Å². The number of rotatable bonds is 4. The Balaban J connectivity index is 2.31. The molecule has 0 atom stereocenters. The van der Waals surface area contributed by atoms with Crippen molar-refractivity contribution in [3.63, 3.8) is 0 Å². The van der Waals surface area contributed by atoms with Gasteiger partial charge in [0.15, 0.2) is 0 Å². The highest BCUT2D eigenvalue weighted by Crippen LogP contribution is 2.18. The maximum absolute atomic E-state index is 13.2. The van der Waals surface area contributed by atoms with E-state index in [2.05, 4.69) is 0 Å². The van der Waals surface area contributed by atoms with Crippen molar-refractivity contribution in [2.75, 3.05) is 7.11 Å². The van der Waals surface area contributed by atoms with E-state index >= 15 is 0 Å². The number of carboxylic acids is 1. The molecule has 0 aliphatic heterocycles. The van der Waals surface area contributed by atoms with Gasteiger partial charge in [0.1, 0.15) is 11.6 Å². The van der Waals surface area contributed by atoms with Crippen molar-refractivity contribution in [2.45, 2.75) is 6.42 Å². The Morgan fingerprint density at radius 1 is 1.21 bits per heavy atom. The Kier molecular flexibility index (Phi) is 3.80. The van der Waals surface area contributed by atoms with Crippen molar-refractivity contribution < 1.29 is 19.0 Å². The second kappa shape index (κ2) is 5.52. The Bertz CT molecular complexity index is 591. The molecule has 1 N–H and O–H groups in total. The van der Waals surface area contributed by atoms with E-state index in [9.17, 15) is 9.18 Å². The minimum absolute atomic E-state index is 0.122. The summed E-state index contributed by atoms with van der Waals surface area (Å²) in [5.74, 6) is -0.765. The van der Waals surface area contributed by atoms with Gasteiger partial charge in [-0.15, -0.1) is 0 Å². The van der Waals surface area contributed by atoms with E-state index in [-0.39, 0.29) is 5.56 Å². The monoisotopic (exact) mass is 260 g/mol. The lowest BCUT2D eigenvalue weighted by atomic mass is 9.99. The molecule has 2 rings (SSSR count). The summed E-state index contributed by atoms with van der Waals surface area (Å²) >= 11 is 0. The minimum Gasteiger partial charge on any atom is -0.497 e. The molecule has 2 aromatic rings. The first-order chi connectivity index (χ1) is 9.10. The summed E-state index contributed by atoms with van der Waals surface area (Å²) < 4.78 is 18.3. The highest BCUT2D eigenvalue weighted by Gasteiger charge is 2.11. The van der Waals surface area contributed by atoms with Crippen LogP contribution in [0.3, 0.4) is 0 Å². The van der Waals surface area contributed by atoms with E-state index in [4.69, 9.17) is 9.84 Å². The van der Waals surface area contributed by atoms with E-state index < -0.39 is 11.8 Å². The van der Waals surface area contributed by atoms with Gasteiger partial charge in [-0.05, 0) is 47.9 Å². The van der Waals surface area contributed by atoms with E-state index in [0.29, 0.717) is 12.0 Å². The molecule has 0 aromatic heterocycles. The number of halogens is 1. The van der Waals surface area contributed by atoms with Crippen LogP contribution in [-0.2, 0) is 6.42 Å². The highest BCUT2D eigenvalue weighted by molar-refractivity contribution is 5.89. The zero-order valence-corrected chi connectivity index (χ0v) is 10.4. The first kappa shape index (κ1) is 13.1. The van der Waals surface area contributed by atoms with E-state index in [1.54, 1.807) is 19.2 Å². The van der Waals surface area contributed by atoms with Crippen LogP contribution >= 0.6 is 0 Å². The van der Waals surface area contributed by atoms with Crippen LogP contribution in [0.2, 0.25) is 0 Å². The summed E-state index contributed by atoms with van der Waals surface area (Å²) in [6.07, 6.45) is 0.364. The second-order valence-electron chi connectivity index (χ2n) is 4.13. The summed E-state index contributed by atoms with van der Waals surface area (Å²) in [5, 5.41) is 9.07. The molecule has 0 spiro atoms. The number of methoxy groups -OCH3 is 1. The van der Waals surface area contributed by atoms with Crippen LogP contribution in [0.15, 0.2) is 42.5 Å². The summed E-state index contributed by atoms with van der Waals surface area (Å²) in [4.78, 5) is 11.1. The predicted octanol–water partition coefficient (Wildman–Crippen LogP) is 3.12. The van der Waals surface area contributed by atoms with Crippen LogP contribution in [0, 0.1) is 5.82 Å². The van der Waals surface area contributed by atoms with Gasteiger partial charge in [-0.1, -0.05) is 12.1 Å². The molecule has 0 aliphatic rings. The van der Waals surface area contributed by atoms with Gasteiger partial charge < -0.3 is 9.84 Å². The fourth-order valence-electron chi connectivity index (χ4n) is 1.88. The molecule has 4 heteroatoms. The maximum Gasteiger partial charge on any atom is 0.335 e. The molecule has 0 unspecified atom stereocenters. The molecule has 0 heterocycles. The molecule has 0 bridgehead atoms. The summed E-state index contributed by atoms with van der Waals surface area (Å²) in [6.45, 7) is 0. The zero-order chi connectivity index (χ0) is 13.8. The van der Waals surface area contributed by atoms with Crippen molar-refractivity contribution in [1.82, 2.24) is 0 Å². The van der Waals surface area contributed by atoms with Crippen molar-refractivity contribution in [3.05, 3.63) is 65.0 Å². The first-order valence-electron chi connectivity index (χ1n) is 5.75. The molecule has 19 heavy (non-hydrogen) atoms. The van der Waals surface area contributed by atoms with Gasteiger partial charge in [0.05, 0.1) is 12.7 Å². The Morgan fingerprint density at radius 3 is 2.47 bits per heavy atom. The normalized spacial score (nSPS) is 10.2. The Hall–Kier alpha value is -2.36. The van der Waals surface area contributed by atoms with E-state index in [0.717, 1.165) is 17.4 Å². The van der Waals surface area contributed by atoms with Crippen molar-refractivity contribution in [3.8, 4) is 5.75 Å². The Morgan fingerprint density at radius 2 is 1.89 bits per heavy atom. The molecular formula is C15H13FO3. The zero-order valence-electron chi connectivity index (χ0n) is 10.4. The van der Waals surface area contributed by atoms with E-state index in [1.165, 1.54) is 12.1 Å². The number of carbonyl (C=O) groups is 1. The standard InChI is InChI=1S/C15H13FO3/c1-19-13-5-2-10(3-6-13)8-11-9-12(16)4-7-14(11)15(17)18/h2-7,9H,8H2,1H3,(H,17,18). The molecule has 0 aliphatic carbocycles. The van der Waals surface area contributed by atoms with Crippen molar-refractivity contribution >= 4 is 5.97 Å². The third-order valence-corrected chi connectivity index (χ3v) is 2.85. The largest absolute Gasteiger partial charge is 0.497 e. The average Bonchev–Trinajstić information content (AvgIpc) is 2.39. The molecule has 0 fully saturated rings. The molecule has 2 aromatic carbocycles. The van der Waals surface area contributed by atoms with Gasteiger partial charge in [-0.3, -0.25) is 0 Å². The summed E-state index contributed by atoms with van der Waals surface area (Å²) in [6, 6.07) is 10.9. The SMILES string of the molecule is COc1ccc(Cc2cc(F)ccc2C(=O)O)cc1. The molecule has 98 valence electrons. The first-order valence-corrected chi connectivity index (χ1v) is 5.75. The minimum atomic E-state index is -1.05. The molecule has 0 saturated carbocycles. The smallest absolute Gasteiger partial charge is 0.335 e. The van der Waals surface area contributed by atoms with Gasteiger partial charge in [-0.2, -0.15) is 0 Å². The average molecular weight is 260 g/mol. The van der Waals surface area contributed by atoms with Gasteiger partial charge in [0, 0.05) is 0 Å². The molecular weight excluding hydrogens is 247 g/mol. The molecule has 0 saturated heterocycles. The molecule has 0 radical (unpaired) electrons. The third-order valence-electron chi connectivity index (χ3n) is 2.85. The quantitative estimate of drug-likeness (QED) is 0.918. The number of hydrogen-bond acceptors (Lipinski definition) is 2. The fraction of sp³-hybridized carbons (Fsp3) is 0.133. The lowest BCUT2D eigenvalue weighted by molar-refractivity contribution is 0.0696. The van der Waals surface area contributed by atoms with Crippen LogP contribution in [0.5, 0.6) is 5.75 Å². The number of hydrogen-bond donors (Lipinski definition) is 1. The number of ether oxygens (including phenoxy) is 1. The summed E-state index contributed by atoms with van der Waals surface area (Å²) in [7, 11) is 1.57. The van der Waals surface area contributed by atoms with Crippen LogP contribution in [0.1, 0.15) is 21.5 Å². The third kappa shape index (κ3) is 3.10. The van der Waals surface area contributed by atoms with Crippen LogP contribution in [-0.4, -0.2) is 18.2 Å². The van der Waals surface area contributed by atoms with E-state index in [1.807, 2.05) is 12.1 Å². The van der Waals surface area contributed by atoms with Gasteiger partial charge in [-0.25, -0.2) is 9.18 Å². The van der Waals surface area contributed by atoms with Gasteiger partial charge in [0.25, 0.3) is 0 Å². The summed E-state index contributed by atoms with van der Waals surface area (Å²) in [5.41, 5.74) is 1.48. The highest BCUT2D eigenvalue weighted by atomic mass is 19.1. The fourth-order valence-corrected chi connectivity index (χ4v) is 1.88. The number of aromatic carboxylic acids is 1. The van der Waals surface area contributed by atoms with Gasteiger partial charge in [0.2, 0.25) is 0 Å². The molecule has 3 nitrogen and oxygen atoms in total. The maximum atomic E-state index is 13.2. The lowest BCUT2D eigenvalue weighted by Crippen LogP contribution is -2.03. The van der Waals surface area contributed by atoms with Crippen LogP contribution in [0.25, 0.3) is 0 Å². The Labute approximate surface area is 110 Å². The molecule has 0 amide bonds. The van der Waals surface area contributed by atoms with Crippen molar-refractivity contribution in [2.24, 2.45) is 0 Å². The number of benzene rings is 2. The topological polar surface area (TPSA) is 46.5 Å². The number of carboxylic acid groups (broad SMARTS) is 1. The van der Waals surface area contributed by atoms with Crippen molar-refractivity contribution in [1.29, 1.82) is 0 Å². The predicted molar refractivity (Wildman–Crippen MR) is 69.2 cm³/mol. The lowest BCUT2D eigenvalue weighted by Gasteiger charge is -2.07. The van der Waals surface area contributed by atoms with Crippen LogP contribution < -0.4 is 4.74 Å². The van der Waals surface area contributed by atoms with Gasteiger partial charge >= 0.3 is 5.97 Å².